The number of aryl methyl sites for hydroxylation is 1. The smallest absolute Gasteiger partial charge is 0.194 e. The summed E-state index contributed by atoms with van der Waals surface area (Å²) in [4.78, 5) is 11.9. The van der Waals surface area contributed by atoms with Crippen molar-refractivity contribution in [2.24, 2.45) is 0 Å². The zero-order chi connectivity index (χ0) is 14.4. The quantitative estimate of drug-likeness (QED) is 0.345. The zero-order valence-corrected chi connectivity index (χ0v) is 11.3. The maximum atomic E-state index is 11.9. The molecule has 0 unspecified atom stereocenters. The van der Waals surface area contributed by atoms with Gasteiger partial charge in [0.25, 0.3) is 0 Å². The number of benzene rings is 2. The van der Waals surface area contributed by atoms with Crippen molar-refractivity contribution in [2.75, 3.05) is 0 Å². The van der Waals surface area contributed by atoms with Crippen molar-refractivity contribution in [3.05, 3.63) is 89.2 Å². The number of rotatable bonds is 2. The van der Waals surface area contributed by atoms with Gasteiger partial charge in [-0.3, -0.25) is 4.79 Å². The first-order chi connectivity index (χ1) is 9.70. The van der Waals surface area contributed by atoms with Crippen LogP contribution in [0.25, 0.3) is 0 Å². The third-order valence-electron chi connectivity index (χ3n) is 2.82. The van der Waals surface area contributed by atoms with Gasteiger partial charge in [0.15, 0.2) is 5.78 Å². The molecule has 1 nitrogen and oxygen atoms in total. The number of carbonyl (C=O) groups excluding carboxylic acids is 1. The summed E-state index contributed by atoms with van der Waals surface area (Å²) in [5.74, 6) is 5.99. The van der Waals surface area contributed by atoms with Gasteiger partial charge in [0.1, 0.15) is 0 Å². The van der Waals surface area contributed by atoms with E-state index in [0.717, 1.165) is 5.56 Å². The van der Waals surface area contributed by atoms with Gasteiger partial charge in [0, 0.05) is 22.8 Å². The Bertz CT molecular complexity index is 733. The fraction of sp³-hybridized carbons (Fsp3) is 0.0526. The Morgan fingerprint density at radius 1 is 1.05 bits per heavy atom. The van der Waals surface area contributed by atoms with E-state index in [0.29, 0.717) is 11.1 Å². The predicted octanol–water partition coefficient (Wildman–Crippen LogP) is 3.92. The lowest BCUT2D eigenvalue weighted by atomic mass is 10.0. The van der Waals surface area contributed by atoms with Crippen molar-refractivity contribution < 1.29 is 4.79 Å². The topological polar surface area (TPSA) is 17.1 Å². The van der Waals surface area contributed by atoms with Crippen molar-refractivity contribution in [3.63, 3.8) is 0 Å². The molecule has 0 aliphatic rings. The van der Waals surface area contributed by atoms with E-state index < -0.39 is 0 Å². The Balaban J connectivity index is 2.37. The largest absolute Gasteiger partial charge is 0.289 e. The lowest BCUT2D eigenvalue weighted by Gasteiger charge is -1.99. The van der Waals surface area contributed by atoms with E-state index in [1.165, 1.54) is 11.6 Å². The minimum atomic E-state index is -0.131. The minimum Gasteiger partial charge on any atom is -0.289 e. The highest BCUT2D eigenvalue weighted by atomic mass is 16.1. The van der Waals surface area contributed by atoms with Gasteiger partial charge >= 0.3 is 0 Å². The van der Waals surface area contributed by atoms with Gasteiger partial charge in [-0.2, -0.15) is 0 Å². The van der Waals surface area contributed by atoms with Gasteiger partial charge in [0.05, 0.1) is 0 Å². The van der Waals surface area contributed by atoms with Crippen LogP contribution in [0.2, 0.25) is 0 Å². The Labute approximate surface area is 119 Å². The standard InChI is InChI=1S/C19H14O/c1-3-6-19(20)18-8-5-4-7-17(18)14-13-16-11-9-15(2)10-12-16/h4-12H,1H2,2H3. The van der Waals surface area contributed by atoms with Crippen LogP contribution < -0.4 is 0 Å². The van der Waals surface area contributed by atoms with Gasteiger partial charge in [-0.05, 0) is 31.2 Å². The molecule has 0 aliphatic carbocycles. The number of allylic oxidation sites excluding steroid dienone is 1. The SMILES string of the molecule is C=C=CC(=O)c1ccccc1C#Cc1ccc(C)cc1. The molecule has 0 spiro atoms. The molecule has 0 saturated heterocycles. The van der Waals surface area contributed by atoms with Gasteiger partial charge in [0.2, 0.25) is 0 Å². The summed E-state index contributed by atoms with van der Waals surface area (Å²) in [6, 6.07) is 15.3. The minimum absolute atomic E-state index is 0.131. The van der Waals surface area contributed by atoms with Crippen LogP contribution >= 0.6 is 0 Å². The Morgan fingerprint density at radius 2 is 1.75 bits per heavy atom. The molecule has 2 aromatic carbocycles. The summed E-state index contributed by atoms with van der Waals surface area (Å²) in [7, 11) is 0. The molecule has 0 heterocycles. The van der Waals surface area contributed by atoms with Crippen molar-refractivity contribution >= 4 is 5.78 Å². The van der Waals surface area contributed by atoms with Crippen molar-refractivity contribution in [1.29, 1.82) is 0 Å². The van der Waals surface area contributed by atoms with Crippen molar-refractivity contribution in [1.82, 2.24) is 0 Å². The van der Waals surface area contributed by atoms with Crippen LogP contribution in [0.5, 0.6) is 0 Å². The Hall–Kier alpha value is -2.81. The predicted molar refractivity (Wildman–Crippen MR) is 81.6 cm³/mol. The first kappa shape index (κ1) is 13.6. The highest BCUT2D eigenvalue weighted by Crippen LogP contribution is 2.09. The maximum Gasteiger partial charge on any atom is 0.194 e. The molecular formula is C19H14O. The average Bonchev–Trinajstić information content (AvgIpc) is 2.47. The van der Waals surface area contributed by atoms with Crippen LogP contribution in [0.4, 0.5) is 0 Å². The molecule has 0 bridgehead atoms. The van der Waals surface area contributed by atoms with Crippen LogP contribution in [-0.4, -0.2) is 5.78 Å². The molecule has 2 rings (SSSR count). The van der Waals surface area contributed by atoms with Crippen LogP contribution in [0.15, 0.2) is 66.9 Å². The number of hydrogen-bond donors (Lipinski definition) is 0. The second kappa shape index (κ2) is 6.38. The monoisotopic (exact) mass is 258 g/mol. The van der Waals surface area contributed by atoms with Crippen LogP contribution in [-0.2, 0) is 0 Å². The van der Waals surface area contributed by atoms with Gasteiger partial charge in [-0.25, -0.2) is 0 Å². The number of hydrogen-bond acceptors (Lipinski definition) is 1. The van der Waals surface area contributed by atoms with Crippen molar-refractivity contribution in [2.45, 2.75) is 6.92 Å². The van der Waals surface area contributed by atoms with E-state index in [9.17, 15) is 4.79 Å². The second-order valence-electron chi connectivity index (χ2n) is 4.37. The van der Waals surface area contributed by atoms with E-state index in [4.69, 9.17) is 0 Å². The molecule has 0 amide bonds. The third kappa shape index (κ3) is 3.36. The highest BCUT2D eigenvalue weighted by molar-refractivity contribution is 6.06. The van der Waals surface area contributed by atoms with Gasteiger partial charge < -0.3 is 0 Å². The highest BCUT2D eigenvalue weighted by Gasteiger charge is 2.05. The molecular weight excluding hydrogens is 244 g/mol. The van der Waals surface area contributed by atoms with E-state index >= 15 is 0 Å². The summed E-state index contributed by atoms with van der Waals surface area (Å²) in [6.45, 7) is 5.45. The van der Waals surface area contributed by atoms with E-state index in [-0.39, 0.29) is 5.78 Å². The lowest BCUT2D eigenvalue weighted by Crippen LogP contribution is -1.97. The van der Waals surface area contributed by atoms with E-state index in [2.05, 4.69) is 24.2 Å². The van der Waals surface area contributed by atoms with Crippen LogP contribution in [0.1, 0.15) is 27.0 Å². The summed E-state index contributed by atoms with van der Waals surface area (Å²) >= 11 is 0. The van der Waals surface area contributed by atoms with Gasteiger partial charge in [-0.15, -0.1) is 5.73 Å². The average molecular weight is 258 g/mol. The van der Waals surface area contributed by atoms with Crippen molar-refractivity contribution in [3.8, 4) is 11.8 Å². The Kier molecular flexibility index (Phi) is 4.35. The molecule has 20 heavy (non-hydrogen) atoms. The normalized spacial score (nSPS) is 9.05. The molecule has 96 valence electrons. The Morgan fingerprint density at radius 3 is 2.45 bits per heavy atom. The van der Waals surface area contributed by atoms with Gasteiger partial charge in [-0.1, -0.05) is 48.2 Å². The first-order valence-electron chi connectivity index (χ1n) is 6.28. The molecule has 0 aliphatic heterocycles. The summed E-state index contributed by atoms with van der Waals surface area (Å²) < 4.78 is 0. The first-order valence-corrected chi connectivity index (χ1v) is 6.28. The molecule has 1 heteroatoms. The molecule has 0 saturated carbocycles. The number of carbonyl (C=O) groups is 1. The van der Waals surface area contributed by atoms with Crippen LogP contribution in [0, 0.1) is 18.8 Å². The maximum absolute atomic E-state index is 11.9. The van der Waals surface area contributed by atoms with E-state index in [1.54, 1.807) is 6.07 Å². The molecule has 0 aromatic heterocycles. The molecule has 2 aromatic rings. The number of ketones is 1. The third-order valence-corrected chi connectivity index (χ3v) is 2.82. The summed E-state index contributed by atoms with van der Waals surface area (Å²) in [5.41, 5.74) is 5.91. The molecule has 0 atom stereocenters. The second-order valence-corrected chi connectivity index (χ2v) is 4.37. The van der Waals surface area contributed by atoms with E-state index in [1.807, 2.05) is 49.4 Å². The van der Waals surface area contributed by atoms with Crippen LogP contribution in [0.3, 0.4) is 0 Å². The molecule has 0 radical (unpaired) electrons. The summed E-state index contributed by atoms with van der Waals surface area (Å²) in [5, 5.41) is 0. The fourth-order valence-electron chi connectivity index (χ4n) is 1.75. The molecule has 0 N–H and O–H groups in total. The lowest BCUT2D eigenvalue weighted by molar-refractivity contribution is 0.104. The molecule has 0 fully saturated rings. The summed E-state index contributed by atoms with van der Waals surface area (Å²) in [6.07, 6.45) is 1.33. The zero-order valence-electron chi connectivity index (χ0n) is 11.3. The fourth-order valence-corrected chi connectivity index (χ4v) is 1.75.